The monoisotopic (exact) mass is 935 g/mol. The first-order valence-electron chi connectivity index (χ1n) is 20.8. The average molecular weight is 936 g/mol. The first kappa shape index (κ1) is 55.0. The van der Waals surface area contributed by atoms with Crippen molar-refractivity contribution < 1.29 is 67.4 Å². The molecule has 0 radical (unpaired) electrons. The highest BCUT2D eigenvalue weighted by Crippen LogP contribution is 2.37. The number of nitrogens with two attached hydrogens (primary N) is 3. The number of phenolic OH excluding ortho intramolecular Hbond substituents is 1. The quantitative estimate of drug-likeness (QED) is 0.0334. The van der Waals surface area contributed by atoms with E-state index in [1.807, 2.05) is 0 Å². The molecule has 0 bridgehead atoms. The molecule has 2 aromatic carbocycles. The molecular weight excluding hydrogens is 873 g/mol. The summed E-state index contributed by atoms with van der Waals surface area (Å²) in [7, 11) is -4.94. The van der Waals surface area contributed by atoms with Crippen LogP contribution in [0, 0.1) is 11.8 Å². The molecule has 0 aliphatic rings. The van der Waals surface area contributed by atoms with E-state index >= 15 is 0 Å². The fourth-order valence-electron chi connectivity index (χ4n) is 6.30. The molecule has 2 rings (SSSR count). The van der Waals surface area contributed by atoms with Crippen LogP contribution in [-0.4, -0.2) is 117 Å². The number of aromatic hydroxyl groups is 1. The number of phosphoric acid groups is 1. The number of carbonyl (C=O) groups is 8. The number of unbranched alkanes of at least 4 members (excludes halogenated alkanes) is 1. The van der Waals surface area contributed by atoms with Gasteiger partial charge in [0.15, 0.2) is 0 Å². The molecule has 24 heteroatoms. The van der Waals surface area contributed by atoms with Crippen LogP contribution in [0.15, 0.2) is 48.5 Å². The molecule has 16 N–H and O–H groups in total. The molecule has 0 spiro atoms. The van der Waals surface area contributed by atoms with Gasteiger partial charge in [0, 0.05) is 12.8 Å². The van der Waals surface area contributed by atoms with Gasteiger partial charge in [0.25, 0.3) is 0 Å². The van der Waals surface area contributed by atoms with Crippen molar-refractivity contribution in [1.29, 1.82) is 0 Å². The first-order valence-corrected chi connectivity index (χ1v) is 22.4. The van der Waals surface area contributed by atoms with Crippen molar-refractivity contribution in [1.82, 2.24) is 31.9 Å². The summed E-state index contributed by atoms with van der Waals surface area (Å²) in [6, 6.07) is 2.22. The maximum absolute atomic E-state index is 14.5. The van der Waals surface area contributed by atoms with E-state index in [9.17, 15) is 62.9 Å². The number of carboxylic acids is 1. The second-order valence-electron chi connectivity index (χ2n) is 15.7. The molecule has 0 saturated carbocycles. The molecule has 7 atom stereocenters. The SMILES string of the molecule is CC[C@H](C)[C@H](NC(=O)[C@H](CC(N)=O)NC(=O)CN)C(=O)N[C@@H](Cc1ccc(OP(=O)(O)O)cc1)C(=O)N[C@@H](Cc1ccc(O)cc1)C(=O)N[C@@H](CCCCN)C(=O)N[C@H](C(=O)O)C(C)C. The predicted molar refractivity (Wildman–Crippen MR) is 234 cm³/mol. The van der Waals surface area contributed by atoms with Crippen molar-refractivity contribution in [3.05, 3.63) is 59.7 Å². The van der Waals surface area contributed by atoms with Crippen molar-refractivity contribution in [3.63, 3.8) is 0 Å². The number of aliphatic carboxylic acids is 1. The van der Waals surface area contributed by atoms with E-state index in [1.165, 1.54) is 48.5 Å². The fourth-order valence-corrected chi connectivity index (χ4v) is 6.70. The van der Waals surface area contributed by atoms with Gasteiger partial charge < -0.3 is 63.8 Å². The molecule has 65 heavy (non-hydrogen) atoms. The summed E-state index contributed by atoms with van der Waals surface area (Å²) in [5, 5.41) is 34.8. The first-order chi connectivity index (χ1) is 30.5. The van der Waals surface area contributed by atoms with Crippen molar-refractivity contribution in [2.45, 2.75) is 109 Å². The van der Waals surface area contributed by atoms with Gasteiger partial charge in [0.05, 0.1) is 13.0 Å². The van der Waals surface area contributed by atoms with E-state index in [0.717, 1.165) is 0 Å². The Kier molecular flexibility index (Phi) is 22.5. The summed E-state index contributed by atoms with van der Waals surface area (Å²) < 4.78 is 16.0. The van der Waals surface area contributed by atoms with E-state index in [2.05, 4.69) is 36.4 Å². The molecule has 2 aromatic rings. The minimum atomic E-state index is -4.94. The number of hydrogen-bond acceptors (Lipinski definition) is 13. The number of carboxylic acid groups (broad SMARTS) is 1. The van der Waals surface area contributed by atoms with E-state index in [4.69, 9.17) is 17.2 Å². The van der Waals surface area contributed by atoms with Gasteiger partial charge in [0.1, 0.15) is 47.8 Å². The average Bonchev–Trinajstić information content (AvgIpc) is 3.23. The molecule has 360 valence electrons. The zero-order valence-electron chi connectivity index (χ0n) is 36.7. The highest BCUT2D eigenvalue weighted by atomic mass is 31.2. The van der Waals surface area contributed by atoms with Gasteiger partial charge in [-0.15, -0.1) is 0 Å². The topological polar surface area (TPSA) is 394 Å². The standard InChI is InChI=1S/C41H62N9O14P/c1-5-23(4)35(50-39(57)31(20-32(44)52)45-33(53)21-43)40(58)48-30(19-25-11-15-27(16-12-25)64-65(61,62)63)38(56)47-29(18-24-9-13-26(51)14-10-24)37(55)46-28(8-6-7-17-42)36(54)49-34(22(2)3)41(59)60/h9-16,22-23,28-31,34-35,51H,5-8,17-21,42-43H2,1-4H3,(H2,44,52)(H,45,53)(H,46,55)(H,47,56)(H,48,58)(H,49,54)(H,50,57)(H,59,60)(H2,61,62,63)/t23-,28-,29-,30-,31-,34-,35-/m0/s1. The number of benzene rings is 2. The summed E-state index contributed by atoms with van der Waals surface area (Å²) in [5.74, 6) is -9.04. The Balaban J connectivity index is 2.63. The number of carbonyl (C=O) groups excluding carboxylic acids is 7. The second-order valence-corrected chi connectivity index (χ2v) is 16.9. The van der Waals surface area contributed by atoms with Gasteiger partial charge in [-0.05, 0) is 73.0 Å². The number of hydrogen-bond donors (Lipinski definition) is 13. The maximum Gasteiger partial charge on any atom is 0.524 e. The van der Waals surface area contributed by atoms with Gasteiger partial charge >= 0.3 is 13.8 Å². The summed E-state index contributed by atoms with van der Waals surface area (Å²) in [6.45, 7) is 6.23. The van der Waals surface area contributed by atoms with Crippen LogP contribution in [0.4, 0.5) is 0 Å². The Morgan fingerprint density at radius 2 is 1.14 bits per heavy atom. The van der Waals surface area contributed by atoms with Crippen molar-refractivity contribution in [2.75, 3.05) is 13.1 Å². The van der Waals surface area contributed by atoms with Crippen LogP contribution in [0.25, 0.3) is 0 Å². The molecule has 0 aliphatic heterocycles. The number of phosphoric ester groups is 1. The summed E-state index contributed by atoms with van der Waals surface area (Å²) in [5.41, 5.74) is 17.1. The van der Waals surface area contributed by atoms with Crippen LogP contribution in [-0.2, 0) is 55.8 Å². The molecule has 0 heterocycles. The molecule has 23 nitrogen and oxygen atoms in total. The Hall–Kier alpha value is -6.13. The van der Waals surface area contributed by atoms with Crippen LogP contribution >= 0.6 is 7.82 Å². The molecule has 0 fully saturated rings. The lowest BCUT2D eigenvalue weighted by atomic mass is 9.96. The zero-order chi connectivity index (χ0) is 49.0. The van der Waals surface area contributed by atoms with Crippen LogP contribution < -0.4 is 53.6 Å². The fraction of sp³-hybridized carbons (Fsp3) is 0.512. The Morgan fingerprint density at radius 3 is 1.60 bits per heavy atom. The normalized spacial score (nSPS) is 14.5. The van der Waals surface area contributed by atoms with Gasteiger partial charge in [-0.1, -0.05) is 58.4 Å². The summed E-state index contributed by atoms with van der Waals surface area (Å²) >= 11 is 0. The van der Waals surface area contributed by atoms with Crippen LogP contribution in [0.2, 0.25) is 0 Å². The number of phenols is 1. The van der Waals surface area contributed by atoms with Crippen molar-refractivity contribution in [3.8, 4) is 11.5 Å². The number of rotatable bonds is 28. The minimum Gasteiger partial charge on any atom is -0.508 e. The summed E-state index contributed by atoms with van der Waals surface area (Å²) in [6.07, 6.45) is -0.0448. The smallest absolute Gasteiger partial charge is 0.508 e. The van der Waals surface area contributed by atoms with Crippen molar-refractivity contribution >= 4 is 55.1 Å². The van der Waals surface area contributed by atoms with Gasteiger partial charge in [-0.25, -0.2) is 9.36 Å². The van der Waals surface area contributed by atoms with Gasteiger partial charge in [-0.2, -0.15) is 0 Å². The second kappa shape index (κ2) is 26.6. The number of nitrogens with one attached hydrogen (secondary N) is 6. The van der Waals surface area contributed by atoms with E-state index in [0.29, 0.717) is 30.4 Å². The molecule has 7 amide bonds. The number of amides is 7. The minimum absolute atomic E-state index is 0.0401. The summed E-state index contributed by atoms with van der Waals surface area (Å²) in [4.78, 5) is 124. The highest BCUT2D eigenvalue weighted by Gasteiger charge is 2.35. The maximum atomic E-state index is 14.5. The van der Waals surface area contributed by atoms with Gasteiger partial charge in [-0.3, -0.25) is 43.3 Å². The molecule has 0 aliphatic carbocycles. The Morgan fingerprint density at radius 1 is 0.662 bits per heavy atom. The number of primary amides is 1. The van der Waals surface area contributed by atoms with E-state index in [-0.39, 0.29) is 37.3 Å². The van der Waals surface area contributed by atoms with Crippen LogP contribution in [0.3, 0.4) is 0 Å². The zero-order valence-corrected chi connectivity index (χ0v) is 37.5. The van der Waals surface area contributed by atoms with Crippen LogP contribution in [0.1, 0.15) is 70.9 Å². The highest BCUT2D eigenvalue weighted by molar-refractivity contribution is 7.46. The largest absolute Gasteiger partial charge is 0.524 e. The van der Waals surface area contributed by atoms with Crippen molar-refractivity contribution in [2.24, 2.45) is 29.0 Å². The van der Waals surface area contributed by atoms with Gasteiger partial charge in [0.2, 0.25) is 41.4 Å². The third-order valence-electron chi connectivity index (χ3n) is 10.1. The van der Waals surface area contributed by atoms with Crippen LogP contribution in [0.5, 0.6) is 11.5 Å². The van der Waals surface area contributed by atoms with E-state index < -0.39 is 116 Å². The lowest BCUT2D eigenvalue weighted by Crippen LogP contribution is -2.61. The van der Waals surface area contributed by atoms with E-state index in [1.54, 1.807) is 27.7 Å². The predicted octanol–water partition coefficient (Wildman–Crippen LogP) is -1.69. The molecular formula is C41H62N9O14P. The Labute approximate surface area is 376 Å². The molecule has 0 aromatic heterocycles. The molecule has 0 unspecified atom stereocenters. The third-order valence-corrected chi connectivity index (χ3v) is 10.5. The Bertz CT molecular complexity index is 2000. The molecule has 0 saturated heterocycles. The lowest BCUT2D eigenvalue weighted by Gasteiger charge is -2.29. The lowest BCUT2D eigenvalue weighted by molar-refractivity contribution is -0.143. The third kappa shape index (κ3) is 19.7.